The molecule has 0 heterocycles. The first-order chi connectivity index (χ1) is 14.5. The van der Waals surface area contributed by atoms with Gasteiger partial charge >= 0.3 is 0 Å². The monoisotopic (exact) mass is 558 g/mol. The van der Waals surface area contributed by atoms with Crippen LogP contribution in [0.25, 0.3) is 0 Å². The molecule has 0 aliphatic heterocycles. The molecule has 5 nitrogen and oxygen atoms in total. The van der Waals surface area contributed by atoms with Crippen LogP contribution in [0.5, 0.6) is 0 Å². The second kappa shape index (κ2) is 14.3. The molecule has 2 aromatic carbocycles. The van der Waals surface area contributed by atoms with Crippen molar-refractivity contribution < 1.29 is 9.18 Å². The molecule has 0 fully saturated rings. The van der Waals surface area contributed by atoms with Crippen LogP contribution in [0.3, 0.4) is 0 Å². The van der Waals surface area contributed by atoms with Crippen molar-refractivity contribution in [2.24, 2.45) is 10.9 Å². The molecule has 0 radical (unpaired) electrons. The Labute approximate surface area is 206 Å². The quantitative estimate of drug-likeness (QED) is 0.226. The van der Waals surface area contributed by atoms with Crippen LogP contribution in [0.2, 0.25) is 0 Å². The molecule has 0 aliphatic rings. The Morgan fingerprint density at radius 3 is 2.55 bits per heavy atom. The third-order valence-corrected chi connectivity index (χ3v) is 5.45. The van der Waals surface area contributed by atoms with Gasteiger partial charge in [0.25, 0.3) is 0 Å². The second-order valence-corrected chi connectivity index (χ2v) is 7.99. The van der Waals surface area contributed by atoms with Gasteiger partial charge < -0.3 is 16.0 Å². The number of thioether (sulfide) groups is 1. The lowest BCUT2D eigenvalue weighted by atomic mass is 10.1. The molecule has 1 atom stereocenters. The number of rotatable bonds is 9. The first kappa shape index (κ1) is 27.2. The highest BCUT2D eigenvalue weighted by Gasteiger charge is 2.11. The zero-order chi connectivity index (χ0) is 21.9. The Bertz CT molecular complexity index is 878. The number of carbonyl (C=O) groups is 1. The molecule has 170 valence electrons. The summed E-state index contributed by atoms with van der Waals surface area (Å²) in [6.45, 7) is 5.04. The van der Waals surface area contributed by atoms with Crippen LogP contribution in [0, 0.1) is 11.7 Å². The summed E-state index contributed by atoms with van der Waals surface area (Å²) in [5.74, 6) is 1.21. The van der Waals surface area contributed by atoms with Gasteiger partial charge in [-0.05, 0) is 53.6 Å². The van der Waals surface area contributed by atoms with E-state index in [2.05, 4.69) is 20.9 Å². The largest absolute Gasteiger partial charge is 0.352 e. The average Bonchev–Trinajstić information content (AvgIpc) is 2.75. The van der Waals surface area contributed by atoms with Crippen LogP contribution in [-0.4, -0.2) is 25.2 Å². The number of anilines is 1. The van der Waals surface area contributed by atoms with Crippen molar-refractivity contribution in [1.82, 2.24) is 10.6 Å². The number of nitrogens with zero attached hydrogens (tertiary/aromatic N) is 1. The Morgan fingerprint density at radius 2 is 1.87 bits per heavy atom. The molecule has 0 aliphatic carbocycles. The summed E-state index contributed by atoms with van der Waals surface area (Å²) < 4.78 is 13.5. The summed E-state index contributed by atoms with van der Waals surface area (Å²) in [4.78, 5) is 16.4. The van der Waals surface area contributed by atoms with Crippen molar-refractivity contribution >= 4 is 53.3 Å². The maximum absolute atomic E-state index is 13.5. The highest BCUT2D eigenvalue weighted by molar-refractivity contribution is 14.0. The van der Waals surface area contributed by atoms with Crippen molar-refractivity contribution in [2.75, 3.05) is 18.6 Å². The summed E-state index contributed by atoms with van der Waals surface area (Å²) in [7, 11) is 1.71. The zero-order valence-corrected chi connectivity index (χ0v) is 21.6. The lowest BCUT2D eigenvalue weighted by Crippen LogP contribution is -2.36. The molecule has 31 heavy (non-hydrogen) atoms. The Hall–Kier alpha value is -1.81. The molecule has 1 amide bonds. The number of halogens is 2. The molecular formula is C23H32FIN4OS. The van der Waals surface area contributed by atoms with E-state index in [9.17, 15) is 9.18 Å². The van der Waals surface area contributed by atoms with Gasteiger partial charge in [0.1, 0.15) is 5.82 Å². The fraction of sp³-hybridized carbons (Fsp3) is 0.391. The Kier molecular flexibility index (Phi) is 12.5. The van der Waals surface area contributed by atoms with E-state index in [0.29, 0.717) is 19.0 Å². The van der Waals surface area contributed by atoms with Gasteiger partial charge in [-0.15, -0.1) is 24.0 Å². The minimum atomic E-state index is -0.217. The molecule has 0 bridgehead atoms. The standard InChI is InChI=1S/C23H31FN4OS.HI/c1-5-16(2)22(29)28-21-8-6-7-17(11-21)13-26-23(25-3)27-14-18-9-10-20(24)12-19(18)15-30-4;/h6-12,16H,5,13-15H2,1-4H3,(H,28,29)(H2,25,26,27);1H. The number of aliphatic imine (C=N–C) groups is 1. The molecular weight excluding hydrogens is 526 g/mol. The van der Waals surface area contributed by atoms with Crippen LogP contribution in [-0.2, 0) is 23.6 Å². The Balaban J connectivity index is 0.00000480. The van der Waals surface area contributed by atoms with Gasteiger partial charge in [-0.2, -0.15) is 11.8 Å². The van der Waals surface area contributed by atoms with Crippen LogP contribution in [0.1, 0.15) is 37.0 Å². The molecule has 0 aromatic heterocycles. The van der Waals surface area contributed by atoms with Gasteiger partial charge in [0.05, 0.1) is 0 Å². The van der Waals surface area contributed by atoms with Gasteiger partial charge in [0.15, 0.2) is 5.96 Å². The van der Waals surface area contributed by atoms with Crippen LogP contribution >= 0.6 is 35.7 Å². The number of hydrogen-bond donors (Lipinski definition) is 3. The van der Waals surface area contributed by atoms with E-state index in [1.807, 2.05) is 50.4 Å². The molecule has 3 N–H and O–H groups in total. The molecule has 0 spiro atoms. The molecule has 2 rings (SSSR count). The van der Waals surface area contributed by atoms with E-state index in [1.165, 1.54) is 6.07 Å². The average molecular weight is 559 g/mol. The molecule has 8 heteroatoms. The summed E-state index contributed by atoms with van der Waals surface area (Å²) >= 11 is 1.66. The highest BCUT2D eigenvalue weighted by Crippen LogP contribution is 2.17. The van der Waals surface area contributed by atoms with Gasteiger partial charge in [-0.25, -0.2) is 4.39 Å². The van der Waals surface area contributed by atoms with Crippen molar-refractivity contribution in [3.05, 3.63) is 65.0 Å². The van der Waals surface area contributed by atoms with Crippen LogP contribution in [0.4, 0.5) is 10.1 Å². The molecule has 0 saturated carbocycles. The second-order valence-electron chi connectivity index (χ2n) is 7.12. The summed E-state index contributed by atoms with van der Waals surface area (Å²) in [6.07, 6.45) is 2.81. The van der Waals surface area contributed by atoms with Crippen molar-refractivity contribution in [1.29, 1.82) is 0 Å². The molecule has 0 saturated heterocycles. The number of guanidine groups is 1. The van der Waals surface area contributed by atoms with Gasteiger partial charge in [-0.3, -0.25) is 9.79 Å². The number of carbonyl (C=O) groups excluding carboxylic acids is 1. The molecule has 1 unspecified atom stereocenters. The number of hydrogen-bond acceptors (Lipinski definition) is 3. The predicted octanol–water partition coefficient (Wildman–Crippen LogP) is 5.16. The first-order valence-electron chi connectivity index (χ1n) is 10.1. The topological polar surface area (TPSA) is 65.5 Å². The third kappa shape index (κ3) is 9.06. The summed E-state index contributed by atoms with van der Waals surface area (Å²) in [6, 6.07) is 12.6. The third-order valence-electron chi connectivity index (χ3n) is 4.85. The lowest BCUT2D eigenvalue weighted by molar-refractivity contribution is -0.119. The van der Waals surface area contributed by atoms with Gasteiger partial charge in [0, 0.05) is 37.5 Å². The smallest absolute Gasteiger partial charge is 0.227 e. The van der Waals surface area contributed by atoms with Crippen molar-refractivity contribution in [3.63, 3.8) is 0 Å². The first-order valence-corrected chi connectivity index (χ1v) is 11.5. The fourth-order valence-corrected chi connectivity index (χ4v) is 3.43. The number of benzene rings is 2. The van der Waals surface area contributed by atoms with E-state index < -0.39 is 0 Å². The lowest BCUT2D eigenvalue weighted by Gasteiger charge is -2.15. The predicted molar refractivity (Wildman–Crippen MR) is 141 cm³/mol. The summed E-state index contributed by atoms with van der Waals surface area (Å²) in [5, 5.41) is 9.52. The van der Waals surface area contributed by atoms with E-state index in [4.69, 9.17) is 0 Å². The van der Waals surface area contributed by atoms with E-state index in [-0.39, 0.29) is 41.6 Å². The molecule has 2 aromatic rings. The van der Waals surface area contributed by atoms with Crippen LogP contribution in [0.15, 0.2) is 47.5 Å². The highest BCUT2D eigenvalue weighted by atomic mass is 127. The maximum atomic E-state index is 13.5. The van der Waals surface area contributed by atoms with Gasteiger partial charge in [-0.1, -0.05) is 32.0 Å². The SMILES string of the molecule is CCC(C)C(=O)Nc1cccc(CNC(=NC)NCc2ccc(F)cc2CSC)c1.I. The van der Waals surface area contributed by atoms with Crippen LogP contribution < -0.4 is 16.0 Å². The van der Waals surface area contributed by atoms with E-state index in [0.717, 1.165) is 34.6 Å². The maximum Gasteiger partial charge on any atom is 0.227 e. The minimum absolute atomic E-state index is 0. The van der Waals surface area contributed by atoms with E-state index >= 15 is 0 Å². The minimum Gasteiger partial charge on any atom is -0.352 e. The Morgan fingerprint density at radius 1 is 1.13 bits per heavy atom. The van der Waals surface area contributed by atoms with Crippen molar-refractivity contribution in [2.45, 2.75) is 39.1 Å². The normalized spacial score (nSPS) is 12.0. The van der Waals surface area contributed by atoms with E-state index in [1.54, 1.807) is 24.9 Å². The van der Waals surface area contributed by atoms with Gasteiger partial charge in [0.2, 0.25) is 5.91 Å². The zero-order valence-electron chi connectivity index (χ0n) is 18.5. The summed E-state index contributed by atoms with van der Waals surface area (Å²) in [5.41, 5.74) is 3.85. The number of nitrogens with one attached hydrogen (secondary N) is 3. The van der Waals surface area contributed by atoms with Crippen molar-refractivity contribution in [3.8, 4) is 0 Å². The fourth-order valence-electron chi connectivity index (χ4n) is 2.85. The number of amides is 1.